The molecule has 0 bridgehead atoms. The quantitative estimate of drug-likeness (QED) is 0.730. The number of carbonyl (C=O) groups excluding carboxylic acids is 1. The molecule has 1 N–H and O–H groups in total. The van der Waals surface area contributed by atoms with Crippen molar-refractivity contribution in [2.45, 2.75) is 6.42 Å². The lowest BCUT2D eigenvalue weighted by Gasteiger charge is -2.06. The van der Waals surface area contributed by atoms with Crippen LogP contribution in [0, 0.1) is 0 Å². The minimum atomic E-state index is 0.0286. The maximum absolute atomic E-state index is 12.7. The molecular weight excluding hydrogens is 248 g/mol. The highest BCUT2D eigenvalue weighted by Crippen LogP contribution is 2.24. The number of benzene rings is 2. The zero-order valence-electron chi connectivity index (χ0n) is 11.0. The minimum absolute atomic E-state index is 0.0286. The molecule has 3 nitrogen and oxygen atoms in total. The summed E-state index contributed by atoms with van der Waals surface area (Å²) in [5, 5.41) is 4.40. The largest absolute Gasteiger partial charge is 0.384 e. The van der Waals surface area contributed by atoms with Crippen LogP contribution in [0.25, 0.3) is 10.9 Å². The number of fused-ring (bicyclic) bond motifs is 2. The van der Waals surface area contributed by atoms with Gasteiger partial charge in [0.15, 0.2) is 0 Å². The molecule has 1 aromatic heterocycles. The Balaban J connectivity index is 1.80. The van der Waals surface area contributed by atoms with Gasteiger partial charge in [-0.05, 0) is 42.3 Å². The van der Waals surface area contributed by atoms with Gasteiger partial charge in [0.1, 0.15) is 0 Å². The molecule has 2 heterocycles. The van der Waals surface area contributed by atoms with E-state index in [9.17, 15) is 4.79 Å². The van der Waals surface area contributed by atoms with E-state index >= 15 is 0 Å². The van der Waals surface area contributed by atoms with Crippen molar-refractivity contribution in [1.82, 2.24) is 4.57 Å². The molecule has 0 saturated heterocycles. The monoisotopic (exact) mass is 262 g/mol. The maximum atomic E-state index is 12.7. The molecule has 0 aliphatic carbocycles. The third-order valence-electron chi connectivity index (χ3n) is 3.88. The van der Waals surface area contributed by atoms with Gasteiger partial charge in [0.2, 0.25) is 0 Å². The van der Waals surface area contributed by atoms with Crippen LogP contribution in [0.4, 0.5) is 5.69 Å². The Morgan fingerprint density at radius 3 is 2.95 bits per heavy atom. The Kier molecular flexibility index (Phi) is 2.39. The second kappa shape index (κ2) is 4.23. The van der Waals surface area contributed by atoms with E-state index in [2.05, 4.69) is 5.32 Å². The van der Waals surface area contributed by atoms with Gasteiger partial charge >= 0.3 is 0 Å². The van der Waals surface area contributed by atoms with Crippen molar-refractivity contribution < 1.29 is 4.79 Å². The molecule has 3 heteroatoms. The Morgan fingerprint density at radius 1 is 1.10 bits per heavy atom. The van der Waals surface area contributed by atoms with E-state index in [1.165, 1.54) is 5.56 Å². The Morgan fingerprint density at radius 2 is 2.00 bits per heavy atom. The van der Waals surface area contributed by atoms with Gasteiger partial charge in [0.05, 0.1) is 5.52 Å². The van der Waals surface area contributed by atoms with Crippen LogP contribution in [0.2, 0.25) is 0 Å². The van der Waals surface area contributed by atoms with Gasteiger partial charge in [0.25, 0.3) is 5.91 Å². The first-order valence-corrected chi connectivity index (χ1v) is 6.80. The third-order valence-corrected chi connectivity index (χ3v) is 3.88. The van der Waals surface area contributed by atoms with Gasteiger partial charge in [-0.15, -0.1) is 0 Å². The first-order valence-electron chi connectivity index (χ1n) is 6.80. The van der Waals surface area contributed by atoms with Gasteiger partial charge in [-0.1, -0.05) is 18.2 Å². The van der Waals surface area contributed by atoms with Crippen molar-refractivity contribution in [3.63, 3.8) is 0 Å². The molecule has 1 aliphatic rings. The summed E-state index contributed by atoms with van der Waals surface area (Å²) in [6.07, 6.45) is 2.83. The SMILES string of the molecule is O=C(c1ccc2c(c1)CCN2)n1ccc2ccccc21. The van der Waals surface area contributed by atoms with E-state index < -0.39 is 0 Å². The first kappa shape index (κ1) is 11.3. The highest BCUT2D eigenvalue weighted by molar-refractivity contribution is 6.02. The van der Waals surface area contributed by atoms with Crippen molar-refractivity contribution in [3.8, 4) is 0 Å². The number of aromatic nitrogens is 1. The lowest BCUT2D eigenvalue weighted by atomic mass is 10.1. The smallest absolute Gasteiger partial charge is 0.262 e. The van der Waals surface area contributed by atoms with E-state index in [0.717, 1.165) is 35.1 Å². The lowest BCUT2D eigenvalue weighted by Crippen LogP contribution is -2.10. The second-order valence-electron chi connectivity index (χ2n) is 5.10. The predicted octanol–water partition coefficient (Wildman–Crippen LogP) is 3.30. The summed E-state index contributed by atoms with van der Waals surface area (Å²) in [7, 11) is 0. The normalized spacial score (nSPS) is 13.2. The first-order chi connectivity index (χ1) is 9.83. The summed E-state index contributed by atoms with van der Waals surface area (Å²) in [5.74, 6) is 0.0286. The fourth-order valence-corrected chi connectivity index (χ4v) is 2.84. The zero-order chi connectivity index (χ0) is 13.5. The molecule has 98 valence electrons. The molecule has 2 aromatic carbocycles. The van der Waals surface area contributed by atoms with Crippen LogP contribution in [-0.4, -0.2) is 17.0 Å². The Hall–Kier alpha value is -2.55. The number of nitrogens with one attached hydrogen (secondary N) is 1. The zero-order valence-corrected chi connectivity index (χ0v) is 11.0. The molecule has 0 spiro atoms. The van der Waals surface area contributed by atoms with Crippen LogP contribution in [0.3, 0.4) is 0 Å². The van der Waals surface area contributed by atoms with Crippen molar-refractivity contribution in [2.75, 3.05) is 11.9 Å². The average molecular weight is 262 g/mol. The number of nitrogens with zero attached hydrogens (tertiary/aromatic N) is 1. The molecule has 0 amide bonds. The molecule has 0 fully saturated rings. The fourth-order valence-electron chi connectivity index (χ4n) is 2.84. The van der Waals surface area contributed by atoms with Crippen LogP contribution in [0.1, 0.15) is 15.9 Å². The standard InChI is InChI=1S/C17H14N2O/c20-17(14-5-6-15-13(11-14)7-9-18-15)19-10-8-12-3-1-2-4-16(12)19/h1-6,8,10-11,18H,7,9H2. The molecule has 0 radical (unpaired) electrons. The fraction of sp³-hybridized carbons (Fsp3) is 0.118. The topological polar surface area (TPSA) is 34.0 Å². The number of hydrogen-bond acceptors (Lipinski definition) is 2. The lowest BCUT2D eigenvalue weighted by molar-refractivity contribution is 0.0965. The Bertz CT molecular complexity index is 817. The van der Waals surface area contributed by atoms with Gasteiger partial charge in [-0.2, -0.15) is 0 Å². The van der Waals surface area contributed by atoms with Gasteiger partial charge in [0, 0.05) is 29.4 Å². The predicted molar refractivity (Wildman–Crippen MR) is 80.3 cm³/mol. The number of anilines is 1. The van der Waals surface area contributed by atoms with Crippen molar-refractivity contribution in [1.29, 1.82) is 0 Å². The maximum Gasteiger partial charge on any atom is 0.262 e. The highest BCUT2D eigenvalue weighted by atomic mass is 16.2. The second-order valence-corrected chi connectivity index (χ2v) is 5.10. The molecule has 1 aliphatic heterocycles. The van der Waals surface area contributed by atoms with Crippen molar-refractivity contribution in [3.05, 3.63) is 65.9 Å². The molecule has 20 heavy (non-hydrogen) atoms. The summed E-state index contributed by atoms with van der Waals surface area (Å²) in [5.41, 5.74) is 4.08. The molecule has 0 atom stereocenters. The summed E-state index contributed by atoms with van der Waals surface area (Å²) in [4.78, 5) is 12.7. The van der Waals surface area contributed by atoms with E-state index in [4.69, 9.17) is 0 Å². The average Bonchev–Trinajstić information content (AvgIpc) is 3.12. The summed E-state index contributed by atoms with van der Waals surface area (Å²) in [6, 6.07) is 15.8. The third kappa shape index (κ3) is 1.63. The molecular formula is C17H14N2O. The van der Waals surface area contributed by atoms with Crippen LogP contribution in [-0.2, 0) is 6.42 Å². The number of carbonyl (C=O) groups is 1. The number of hydrogen-bond donors (Lipinski definition) is 1. The van der Waals surface area contributed by atoms with Gasteiger partial charge < -0.3 is 5.32 Å². The molecule has 4 rings (SSSR count). The van der Waals surface area contributed by atoms with Crippen molar-refractivity contribution in [2.24, 2.45) is 0 Å². The van der Waals surface area contributed by atoms with E-state index in [0.29, 0.717) is 0 Å². The molecule has 3 aromatic rings. The van der Waals surface area contributed by atoms with E-state index in [1.54, 1.807) is 4.57 Å². The van der Waals surface area contributed by atoms with Crippen LogP contribution < -0.4 is 5.32 Å². The molecule has 0 saturated carbocycles. The summed E-state index contributed by atoms with van der Waals surface area (Å²) < 4.78 is 1.72. The van der Waals surface area contributed by atoms with E-state index in [1.807, 2.05) is 54.7 Å². The van der Waals surface area contributed by atoms with Crippen LogP contribution in [0.5, 0.6) is 0 Å². The molecule has 0 unspecified atom stereocenters. The van der Waals surface area contributed by atoms with Gasteiger partial charge in [-0.25, -0.2) is 0 Å². The van der Waals surface area contributed by atoms with Gasteiger partial charge in [-0.3, -0.25) is 9.36 Å². The summed E-state index contributed by atoms with van der Waals surface area (Å²) >= 11 is 0. The van der Waals surface area contributed by atoms with Crippen LogP contribution in [0.15, 0.2) is 54.7 Å². The number of para-hydroxylation sites is 1. The summed E-state index contributed by atoms with van der Waals surface area (Å²) in [6.45, 7) is 0.958. The number of rotatable bonds is 1. The van der Waals surface area contributed by atoms with Crippen molar-refractivity contribution >= 4 is 22.5 Å². The van der Waals surface area contributed by atoms with Crippen LogP contribution >= 0.6 is 0 Å². The Labute approximate surface area is 116 Å². The van der Waals surface area contributed by atoms with E-state index in [-0.39, 0.29) is 5.91 Å². The highest BCUT2D eigenvalue weighted by Gasteiger charge is 2.15. The minimum Gasteiger partial charge on any atom is -0.384 e.